The summed E-state index contributed by atoms with van der Waals surface area (Å²) in [5, 5.41) is 8.46. The maximum atomic E-state index is 12.8. The van der Waals surface area contributed by atoms with Crippen molar-refractivity contribution in [2.24, 2.45) is 0 Å². The first-order valence-electron chi connectivity index (χ1n) is 3.07. The molecule has 62 valence electrons. The molecule has 3 nitrogen and oxygen atoms in total. The molecule has 5 heteroatoms. The second kappa shape index (κ2) is 3.37. The van der Waals surface area contributed by atoms with E-state index in [2.05, 4.69) is 4.98 Å². The molecule has 0 N–H and O–H groups in total. The van der Waals surface area contributed by atoms with E-state index < -0.39 is 5.82 Å². The summed E-state index contributed by atoms with van der Waals surface area (Å²) in [4.78, 5) is 2.71. The van der Waals surface area contributed by atoms with Gasteiger partial charge in [0.05, 0.1) is 18.2 Å². The number of halogens is 2. The Morgan fingerprint density at radius 1 is 1.58 bits per heavy atom. The third-order valence-corrected chi connectivity index (χ3v) is 1.62. The molecule has 12 heavy (non-hydrogen) atoms. The molecular formula is C7H5ClFN2O+. The number of hydrogen-bond donors (Lipinski definition) is 0. The van der Waals surface area contributed by atoms with Crippen molar-refractivity contribution in [3.8, 4) is 5.75 Å². The minimum absolute atomic E-state index is 0.141. The van der Waals surface area contributed by atoms with Crippen LogP contribution in [0.15, 0.2) is 12.1 Å². The summed E-state index contributed by atoms with van der Waals surface area (Å²) in [7, 11) is 1.39. The zero-order valence-electron chi connectivity index (χ0n) is 6.21. The lowest BCUT2D eigenvalue weighted by atomic mass is 10.3. The highest BCUT2D eigenvalue weighted by Gasteiger charge is 2.17. The molecule has 1 aromatic rings. The zero-order valence-corrected chi connectivity index (χ0v) is 6.97. The maximum absolute atomic E-state index is 12.8. The van der Waals surface area contributed by atoms with Gasteiger partial charge in [-0.1, -0.05) is 11.6 Å². The van der Waals surface area contributed by atoms with Crippen LogP contribution in [0.5, 0.6) is 5.75 Å². The van der Waals surface area contributed by atoms with Crippen LogP contribution < -0.4 is 4.74 Å². The van der Waals surface area contributed by atoms with Crippen LogP contribution in [-0.4, -0.2) is 7.11 Å². The van der Waals surface area contributed by atoms with Crippen LogP contribution in [0.3, 0.4) is 0 Å². The fourth-order valence-electron chi connectivity index (χ4n) is 0.751. The molecule has 0 unspecified atom stereocenters. The Hall–Kier alpha value is -1.34. The van der Waals surface area contributed by atoms with Crippen molar-refractivity contribution in [3.63, 3.8) is 0 Å². The molecule has 0 fully saturated rings. The quantitative estimate of drug-likeness (QED) is 0.634. The van der Waals surface area contributed by atoms with Crippen LogP contribution in [-0.2, 0) is 0 Å². The molecule has 0 aliphatic heterocycles. The number of methoxy groups -OCH3 is 1. The van der Waals surface area contributed by atoms with E-state index >= 15 is 0 Å². The van der Waals surface area contributed by atoms with Crippen molar-refractivity contribution in [2.45, 2.75) is 0 Å². The number of benzene rings is 1. The molecule has 0 heterocycles. The summed E-state index contributed by atoms with van der Waals surface area (Å²) >= 11 is 5.57. The Kier molecular flexibility index (Phi) is 2.46. The molecule has 0 aliphatic rings. The van der Waals surface area contributed by atoms with Gasteiger partial charge in [-0.25, -0.2) is 0 Å². The fraction of sp³-hybridized carbons (Fsp3) is 0.143. The number of diazo groups is 1. The summed E-state index contributed by atoms with van der Waals surface area (Å²) < 4.78 is 17.5. The van der Waals surface area contributed by atoms with Crippen LogP contribution in [0.2, 0.25) is 5.02 Å². The van der Waals surface area contributed by atoms with E-state index in [1.165, 1.54) is 13.2 Å². The zero-order chi connectivity index (χ0) is 9.14. The SMILES string of the molecule is COc1cc([N+]#N)c(F)cc1Cl. The Bertz CT molecular complexity index is 348. The van der Waals surface area contributed by atoms with Gasteiger partial charge in [0.15, 0.2) is 4.98 Å². The molecule has 0 aromatic heterocycles. The van der Waals surface area contributed by atoms with E-state index in [-0.39, 0.29) is 16.5 Å². The first-order valence-corrected chi connectivity index (χ1v) is 3.45. The van der Waals surface area contributed by atoms with Gasteiger partial charge in [0.2, 0.25) is 11.2 Å². The van der Waals surface area contributed by atoms with Crippen molar-refractivity contribution in [3.05, 3.63) is 27.9 Å². The minimum atomic E-state index is -0.691. The van der Waals surface area contributed by atoms with E-state index in [1.807, 2.05) is 0 Å². The minimum Gasteiger partial charge on any atom is -0.495 e. The number of ether oxygens (including phenoxy) is 1. The van der Waals surface area contributed by atoms with Gasteiger partial charge in [-0.3, -0.25) is 0 Å². The molecule has 0 amide bonds. The summed E-state index contributed by atoms with van der Waals surface area (Å²) in [6, 6.07) is 2.23. The van der Waals surface area contributed by atoms with Gasteiger partial charge in [0.1, 0.15) is 5.75 Å². The summed E-state index contributed by atoms with van der Waals surface area (Å²) in [6.07, 6.45) is 0. The molecule has 1 rings (SSSR count). The molecule has 0 saturated carbocycles. The Morgan fingerprint density at radius 2 is 2.25 bits per heavy atom. The van der Waals surface area contributed by atoms with Crippen LogP contribution in [0.25, 0.3) is 4.98 Å². The van der Waals surface area contributed by atoms with Crippen LogP contribution in [0, 0.1) is 11.2 Å². The van der Waals surface area contributed by atoms with Crippen LogP contribution in [0.4, 0.5) is 10.1 Å². The highest BCUT2D eigenvalue weighted by molar-refractivity contribution is 6.32. The number of nitrogens with zero attached hydrogens (tertiary/aromatic N) is 2. The number of rotatable bonds is 1. The van der Waals surface area contributed by atoms with Gasteiger partial charge in [-0.2, -0.15) is 4.39 Å². The predicted octanol–water partition coefficient (Wildman–Crippen LogP) is 2.97. The summed E-state index contributed by atoms with van der Waals surface area (Å²) in [5.74, 6) is -0.422. The van der Waals surface area contributed by atoms with Crippen LogP contribution in [0.1, 0.15) is 0 Å². The monoisotopic (exact) mass is 187 g/mol. The van der Waals surface area contributed by atoms with E-state index in [1.54, 1.807) is 0 Å². The first-order chi connectivity index (χ1) is 5.69. The topological polar surface area (TPSA) is 37.4 Å². The van der Waals surface area contributed by atoms with E-state index in [0.29, 0.717) is 0 Å². The van der Waals surface area contributed by atoms with E-state index in [0.717, 1.165) is 6.07 Å². The van der Waals surface area contributed by atoms with Crippen molar-refractivity contribution in [2.75, 3.05) is 7.11 Å². The van der Waals surface area contributed by atoms with Gasteiger partial charge in [0, 0.05) is 6.07 Å². The van der Waals surface area contributed by atoms with Crippen molar-refractivity contribution in [1.29, 1.82) is 5.39 Å². The summed E-state index contributed by atoms with van der Waals surface area (Å²) in [6.45, 7) is 0. The second-order valence-electron chi connectivity index (χ2n) is 2.04. The lowest BCUT2D eigenvalue weighted by molar-refractivity contribution is 0.414. The average molecular weight is 188 g/mol. The molecule has 1 aromatic carbocycles. The lowest BCUT2D eigenvalue weighted by Crippen LogP contribution is -1.85. The average Bonchev–Trinajstić information content (AvgIpc) is 2.05. The highest BCUT2D eigenvalue weighted by Crippen LogP contribution is 2.31. The third-order valence-electron chi connectivity index (χ3n) is 1.33. The maximum Gasteiger partial charge on any atom is 0.424 e. The van der Waals surface area contributed by atoms with Crippen LogP contribution >= 0.6 is 11.6 Å². The molecule has 0 aliphatic carbocycles. The van der Waals surface area contributed by atoms with E-state index in [4.69, 9.17) is 21.7 Å². The summed E-state index contributed by atoms with van der Waals surface area (Å²) in [5.41, 5.74) is -0.198. The molecule has 0 radical (unpaired) electrons. The van der Waals surface area contributed by atoms with Gasteiger partial charge in [-0.15, -0.1) is 0 Å². The van der Waals surface area contributed by atoms with E-state index in [9.17, 15) is 4.39 Å². The Morgan fingerprint density at radius 3 is 2.75 bits per heavy atom. The van der Waals surface area contributed by atoms with Crippen molar-refractivity contribution >= 4 is 17.3 Å². The molecule has 0 bridgehead atoms. The number of hydrogen-bond acceptors (Lipinski definition) is 2. The largest absolute Gasteiger partial charge is 0.495 e. The third kappa shape index (κ3) is 1.46. The normalized spacial score (nSPS) is 9.17. The van der Waals surface area contributed by atoms with Crippen molar-refractivity contribution < 1.29 is 9.13 Å². The smallest absolute Gasteiger partial charge is 0.424 e. The van der Waals surface area contributed by atoms with Gasteiger partial charge in [-0.05, 0) is 0 Å². The Labute approximate surface area is 73.3 Å². The standard InChI is InChI=1S/C7H5ClFN2O/c1-12-7-3-6(11-10)5(9)2-4(7)8/h2-3H,1H3/q+1. The fourth-order valence-corrected chi connectivity index (χ4v) is 0.979. The highest BCUT2D eigenvalue weighted by atomic mass is 35.5. The van der Waals surface area contributed by atoms with Gasteiger partial charge < -0.3 is 4.74 Å². The lowest BCUT2D eigenvalue weighted by Gasteiger charge is -1.98. The Balaban J connectivity index is 3.30. The molecule has 0 spiro atoms. The van der Waals surface area contributed by atoms with Gasteiger partial charge >= 0.3 is 5.69 Å². The predicted molar refractivity (Wildman–Crippen MR) is 42.7 cm³/mol. The molecule has 0 atom stereocenters. The second-order valence-corrected chi connectivity index (χ2v) is 2.45. The first kappa shape index (κ1) is 8.75. The van der Waals surface area contributed by atoms with Crippen molar-refractivity contribution in [1.82, 2.24) is 0 Å². The molecular weight excluding hydrogens is 183 g/mol. The van der Waals surface area contributed by atoms with Gasteiger partial charge in [0.25, 0.3) is 0 Å². The molecule has 0 saturated heterocycles.